The highest BCUT2D eigenvalue weighted by molar-refractivity contribution is 5.92. The second-order valence-electron chi connectivity index (χ2n) is 6.71. The third-order valence-corrected chi connectivity index (χ3v) is 4.92. The molecule has 120 valence electrons. The van der Waals surface area contributed by atoms with Gasteiger partial charge in [-0.05, 0) is 25.2 Å². The van der Waals surface area contributed by atoms with Gasteiger partial charge in [-0.1, -0.05) is 5.16 Å². The van der Waals surface area contributed by atoms with Crippen LogP contribution in [0.3, 0.4) is 0 Å². The van der Waals surface area contributed by atoms with Crippen molar-refractivity contribution in [3.05, 3.63) is 17.5 Å². The van der Waals surface area contributed by atoms with E-state index in [1.807, 2.05) is 11.0 Å². The van der Waals surface area contributed by atoms with Crippen molar-refractivity contribution in [3.63, 3.8) is 0 Å². The van der Waals surface area contributed by atoms with Crippen LogP contribution in [0, 0.1) is 5.92 Å². The Kier molecular flexibility index (Phi) is 3.88. The third-order valence-electron chi connectivity index (χ3n) is 4.92. The van der Waals surface area contributed by atoms with Crippen molar-refractivity contribution in [2.45, 2.75) is 25.2 Å². The Balaban J connectivity index is 1.32. The minimum absolute atomic E-state index is 0.0279. The molecule has 3 heterocycles. The first kappa shape index (κ1) is 14.2. The molecule has 1 amide bonds. The summed E-state index contributed by atoms with van der Waals surface area (Å²) >= 11 is 0. The number of carbonyl (C=O) groups excluding carboxylic acids is 1. The van der Waals surface area contributed by atoms with Crippen molar-refractivity contribution in [2.75, 3.05) is 45.9 Å². The van der Waals surface area contributed by atoms with E-state index < -0.39 is 0 Å². The van der Waals surface area contributed by atoms with Crippen LogP contribution < -0.4 is 0 Å². The lowest BCUT2D eigenvalue weighted by Crippen LogP contribution is -2.40. The molecule has 0 N–H and O–H groups in total. The lowest BCUT2D eigenvalue weighted by molar-refractivity contribution is 0.0310. The van der Waals surface area contributed by atoms with Gasteiger partial charge in [-0.3, -0.25) is 9.69 Å². The van der Waals surface area contributed by atoms with E-state index in [1.165, 1.54) is 0 Å². The number of nitrogens with zero attached hydrogens (tertiary/aromatic N) is 3. The summed E-state index contributed by atoms with van der Waals surface area (Å²) in [6.45, 7) is 6.42. The van der Waals surface area contributed by atoms with Gasteiger partial charge in [-0.25, -0.2) is 0 Å². The van der Waals surface area contributed by atoms with Crippen LogP contribution in [-0.2, 0) is 4.74 Å². The van der Waals surface area contributed by atoms with Crippen LogP contribution in [0.2, 0.25) is 0 Å². The Bertz CT molecular complexity index is 534. The fraction of sp³-hybridized carbons (Fsp3) is 0.750. The van der Waals surface area contributed by atoms with E-state index in [4.69, 9.17) is 9.26 Å². The summed E-state index contributed by atoms with van der Waals surface area (Å²) in [5.41, 5.74) is 0.480. The summed E-state index contributed by atoms with van der Waals surface area (Å²) in [5.74, 6) is 1.98. The molecule has 1 aromatic rings. The van der Waals surface area contributed by atoms with Gasteiger partial charge in [0.1, 0.15) is 5.76 Å². The Morgan fingerprint density at radius 3 is 2.82 bits per heavy atom. The Hall–Kier alpha value is -1.40. The molecule has 0 radical (unpaired) electrons. The highest BCUT2D eigenvalue weighted by Gasteiger charge is 2.32. The van der Waals surface area contributed by atoms with Crippen molar-refractivity contribution in [2.24, 2.45) is 5.92 Å². The number of hydrogen-bond donors (Lipinski definition) is 0. The first-order valence-corrected chi connectivity index (χ1v) is 8.35. The second kappa shape index (κ2) is 6.01. The average Bonchev–Trinajstić information content (AvgIpc) is 3.10. The maximum absolute atomic E-state index is 12.5. The zero-order valence-electron chi connectivity index (χ0n) is 12.9. The molecule has 1 aromatic heterocycles. The summed E-state index contributed by atoms with van der Waals surface area (Å²) in [5, 5.41) is 3.97. The van der Waals surface area contributed by atoms with E-state index in [2.05, 4.69) is 10.1 Å². The smallest absolute Gasteiger partial charge is 0.276 e. The molecule has 6 nitrogen and oxygen atoms in total. The van der Waals surface area contributed by atoms with Gasteiger partial charge >= 0.3 is 0 Å². The molecule has 3 fully saturated rings. The first-order chi connectivity index (χ1) is 10.8. The minimum Gasteiger partial charge on any atom is -0.379 e. The Morgan fingerprint density at radius 1 is 1.23 bits per heavy atom. The van der Waals surface area contributed by atoms with Crippen LogP contribution in [0.1, 0.15) is 41.4 Å². The molecule has 22 heavy (non-hydrogen) atoms. The summed E-state index contributed by atoms with van der Waals surface area (Å²) in [6, 6.07) is 1.84. The second-order valence-corrected chi connectivity index (χ2v) is 6.71. The van der Waals surface area contributed by atoms with Crippen molar-refractivity contribution in [3.8, 4) is 0 Å². The van der Waals surface area contributed by atoms with E-state index in [-0.39, 0.29) is 5.91 Å². The summed E-state index contributed by atoms with van der Waals surface area (Å²) in [6.07, 6.45) is 3.40. The number of likely N-dealkylation sites (tertiary alicyclic amines) is 1. The Labute approximate surface area is 130 Å². The van der Waals surface area contributed by atoms with Gasteiger partial charge in [-0.2, -0.15) is 0 Å². The largest absolute Gasteiger partial charge is 0.379 e. The molecule has 1 atom stereocenters. The van der Waals surface area contributed by atoms with Gasteiger partial charge in [0.05, 0.1) is 13.2 Å². The van der Waals surface area contributed by atoms with Crippen molar-refractivity contribution < 1.29 is 14.1 Å². The number of ether oxygens (including phenoxy) is 1. The van der Waals surface area contributed by atoms with Gasteiger partial charge < -0.3 is 14.2 Å². The summed E-state index contributed by atoms with van der Waals surface area (Å²) in [4.78, 5) is 16.9. The molecule has 1 saturated carbocycles. The van der Waals surface area contributed by atoms with Crippen LogP contribution in [-0.4, -0.2) is 66.8 Å². The average molecular weight is 305 g/mol. The normalized spacial score (nSPS) is 26.5. The van der Waals surface area contributed by atoms with Crippen LogP contribution in [0.4, 0.5) is 0 Å². The summed E-state index contributed by atoms with van der Waals surface area (Å²) < 4.78 is 10.7. The lowest BCUT2D eigenvalue weighted by Gasteiger charge is -2.28. The van der Waals surface area contributed by atoms with Crippen LogP contribution >= 0.6 is 0 Å². The predicted octanol–water partition coefficient (Wildman–Crippen LogP) is 1.35. The number of carbonyl (C=O) groups is 1. The number of aromatic nitrogens is 1. The van der Waals surface area contributed by atoms with Gasteiger partial charge in [0.2, 0.25) is 0 Å². The van der Waals surface area contributed by atoms with Crippen molar-refractivity contribution >= 4 is 5.91 Å². The molecule has 1 unspecified atom stereocenters. The summed E-state index contributed by atoms with van der Waals surface area (Å²) in [7, 11) is 0. The van der Waals surface area contributed by atoms with Gasteiger partial charge in [0.25, 0.3) is 5.91 Å². The monoisotopic (exact) mass is 305 g/mol. The topological polar surface area (TPSA) is 58.8 Å². The predicted molar refractivity (Wildman–Crippen MR) is 79.7 cm³/mol. The molecule has 2 saturated heterocycles. The Morgan fingerprint density at radius 2 is 2.05 bits per heavy atom. The van der Waals surface area contributed by atoms with E-state index in [1.54, 1.807) is 0 Å². The van der Waals surface area contributed by atoms with E-state index >= 15 is 0 Å². The lowest BCUT2D eigenvalue weighted by atomic mass is 10.1. The molecular weight excluding hydrogens is 282 g/mol. The maximum atomic E-state index is 12.5. The van der Waals surface area contributed by atoms with Crippen LogP contribution in [0.5, 0.6) is 0 Å². The highest BCUT2D eigenvalue weighted by Crippen LogP contribution is 2.40. The number of rotatable bonds is 4. The van der Waals surface area contributed by atoms with E-state index in [9.17, 15) is 4.79 Å². The van der Waals surface area contributed by atoms with Gasteiger partial charge in [-0.15, -0.1) is 0 Å². The quantitative estimate of drug-likeness (QED) is 0.840. The van der Waals surface area contributed by atoms with Crippen molar-refractivity contribution in [1.82, 2.24) is 15.0 Å². The highest BCUT2D eigenvalue weighted by atomic mass is 16.5. The fourth-order valence-electron chi connectivity index (χ4n) is 3.43. The maximum Gasteiger partial charge on any atom is 0.276 e. The zero-order chi connectivity index (χ0) is 14.9. The molecule has 0 aromatic carbocycles. The molecule has 0 bridgehead atoms. The minimum atomic E-state index is 0.0279. The molecular formula is C16H23N3O3. The molecule has 1 aliphatic carbocycles. The number of hydrogen-bond acceptors (Lipinski definition) is 5. The number of morpholine rings is 1. The number of amides is 1. The molecule has 0 spiro atoms. The standard InChI is InChI=1S/C16H23N3O3/c20-16(14-9-15(22-17-14)13-1-2-13)19-4-3-12(11-19)10-18-5-7-21-8-6-18/h9,12-13H,1-8,10-11H2. The van der Waals surface area contributed by atoms with E-state index in [0.29, 0.717) is 17.5 Å². The van der Waals surface area contributed by atoms with Crippen LogP contribution in [0.25, 0.3) is 0 Å². The molecule has 3 aliphatic rings. The fourth-order valence-corrected chi connectivity index (χ4v) is 3.43. The van der Waals surface area contributed by atoms with E-state index in [0.717, 1.165) is 71.0 Å². The third kappa shape index (κ3) is 3.03. The van der Waals surface area contributed by atoms with Gasteiger partial charge in [0, 0.05) is 44.7 Å². The first-order valence-electron chi connectivity index (χ1n) is 8.35. The zero-order valence-corrected chi connectivity index (χ0v) is 12.9. The molecule has 6 heteroatoms. The molecule has 4 rings (SSSR count). The van der Waals surface area contributed by atoms with Crippen LogP contribution in [0.15, 0.2) is 10.6 Å². The van der Waals surface area contributed by atoms with Gasteiger partial charge in [0.15, 0.2) is 5.69 Å². The SMILES string of the molecule is O=C(c1cc(C2CC2)on1)N1CCC(CN2CCOCC2)C1. The van der Waals surface area contributed by atoms with Crippen molar-refractivity contribution in [1.29, 1.82) is 0 Å². The molecule has 2 aliphatic heterocycles.